The molecule has 1 aromatic rings. The topological polar surface area (TPSA) is 65.3 Å². The molecule has 5 rings (SSSR count). The molecule has 3 aliphatic heterocycles. The first-order valence-electron chi connectivity index (χ1n) is 9.49. The van der Waals surface area contributed by atoms with Crippen LogP contribution in [0.2, 0.25) is 0 Å². The minimum atomic E-state index is 0.287. The van der Waals surface area contributed by atoms with E-state index in [0.717, 1.165) is 41.1 Å². The number of H-pyrrole nitrogens is 1. The molecule has 0 bridgehead atoms. The number of nitrogens with one attached hydrogen (secondary N) is 1. The lowest BCUT2D eigenvalue weighted by atomic mass is 10.0. The van der Waals surface area contributed by atoms with Crippen molar-refractivity contribution in [1.29, 1.82) is 0 Å². The Labute approximate surface area is 151 Å². The number of nitrogens with zero attached hydrogens (tertiary/aromatic N) is 6. The zero-order chi connectivity index (χ0) is 17.8. The molecule has 1 N–H and O–H groups in total. The largest absolute Gasteiger partial charge is 0.306 e. The van der Waals surface area contributed by atoms with Gasteiger partial charge in [0.15, 0.2) is 0 Å². The number of aromatic nitrogens is 4. The molecule has 0 spiro atoms. The lowest BCUT2D eigenvalue weighted by molar-refractivity contribution is 0.123. The summed E-state index contributed by atoms with van der Waals surface area (Å²) in [5.74, 6) is 0. The Morgan fingerprint density at radius 2 is 2.00 bits per heavy atom. The quantitative estimate of drug-likeness (QED) is 0.764. The van der Waals surface area contributed by atoms with Gasteiger partial charge in [-0.1, -0.05) is 0 Å². The van der Waals surface area contributed by atoms with E-state index in [4.69, 9.17) is 10.2 Å². The van der Waals surface area contributed by atoms with Crippen LogP contribution in [0.1, 0.15) is 38.3 Å². The minimum Gasteiger partial charge on any atom is -0.306 e. The average Bonchev–Trinajstić information content (AvgIpc) is 3.18. The summed E-state index contributed by atoms with van der Waals surface area (Å²) >= 11 is 0. The molecular weight excluding hydrogens is 326 g/mol. The van der Waals surface area contributed by atoms with Crippen LogP contribution in [0.5, 0.6) is 0 Å². The molecule has 1 fully saturated rings. The van der Waals surface area contributed by atoms with E-state index in [9.17, 15) is 0 Å². The van der Waals surface area contributed by atoms with Gasteiger partial charge in [-0.2, -0.15) is 15.3 Å². The normalized spacial score (nSPS) is 18.8. The summed E-state index contributed by atoms with van der Waals surface area (Å²) in [7, 11) is 2.20. The van der Waals surface area contributed by atoms with Crippen molar-refractivity contribution in [2.24, 2.45) is 5.10 Å². The second kappa shape index (κ2) is 5.81. The average molecular weight is 351 g/mol. The van der Waals surface area contributed by atoms with Crippen LogP contribution in [-0.2, 0) is 6.54 Å². The zero-order valence-electron chi connectivity index (χ0n) is 15.6. The Kier molecular flexibility index (Phi) is 3.53. The van der Waals surface area contributed by atoms with Crippen LogP contribution in [0.15, 0.2) is 23.4 Å². The number of hydrogen-bond donors (Lipinski definition) is 1. The van der Waals surface area contributed by atoms with Crippen LogP contribution in [0.4, 0.5) is 0 Å². The van der Waals surface area contributed by atoms with Crippen LogP contribution in [-0.4, -0.2) is 56.1 Å². The highest BCUT2D eigenvalue weighted by atomic mass is 15.5. The second-order valence-corrected chi connectivity index (χ2v) is 7.86. The van der Waals surface area contributed by atoms with E-state index < -0.39 is 0 Å². The third kappa shape index (κ3) is 2.34. The van der Waals surface area contributed by atoms with E-state index in [1.807, 2.05) is 6.20 Å². The molecule has 4 heterocycles. The van der Waals surface area contributed by atoms with E-state index in [2.05, 4.69) is 57.8 Å². The van der Waals surface area contributed by atoms with Crippen LogP contribution < -0.4 is 5.36 Å². The predicted octanol–water partition coefficient (Wildman–Crippen LogP) is 1.79. The van der Waals surface area contributed by atoms with E-state index in [0.29, 0.717) is 6.04 Å². The molecule has 1 aromatic heterocycles. The monoisotopic (exact) mass is 351 g/mol. The summed E-state index contributed by atoms with van der Waals surface area (Å²) in [6.07, 6.45) is 4.18. The number of piperidine rings is 1. The third-order valence-corrected chi connectivity index (χ3v) is 5.74. The fraction of sp³-hybridized carbons (Fsp3) is 0.526. The molecular formula is C19H25N7. The molecule has 26 heavy (non-hydrogen) atoms. The Morgan fingerprint density at radius 3 is 2.77 bits per heavy atom. The fourth-order valence-corrected chi connectivity index (χ4v) is 4.28. The minimum absolute atomic E-state index is 0.287. The maximum Gasteiger partial charge on any atom is 0.115 e. The van der Waals surface area contributed by atoms with Crippen molar-refractivity contribution in [1.82, 2.24) is 29.9 Å². The Balaban J connectivity index is 1.70. The van der Waals surface area contributed by atoms with Crippen LogP contribution in [0, 0.1) is 10.6 Å². The summed E-state index contributed by atoms with van der Waals surface area (Å²) in [5.41, 5.74) is 3.43. The molecule has 7 heteroatoms. The van der Waals surface area contributed by atoms with Gasteiger partial charge in [0.05, 0.1) is 34.2 Å². The van der Waals surface area contributed by atoms with Gasteiger partial charge in [0.25, 0.3) is 0 Å². The maximum atomic E-state index is 5.00. The first-order chi connectivity index (χ1) is 12.6. The fourth-order valence-electron chi connectivity index (χ4n) is 4.28. The molecule has 0 atom stereocenters. The Morgan fingerprint density at radius 1 is 1.19 bits per heavy atom. The molecule has 0 unspecified atom stereocenters. The van der Waals surface area contributed by atoms with Gasteiger partial charge >= 0.3 is 0 Å². The van der Waals surface area contributed by atoms with Gasteiger partial charge in [-0.05, 0) is 59.0 Å². The van der Waals surface area contributed by atoms with E-state index in [-0.39, 0.29) is 6.04 Å². The highest BCUT2D eigenvalue weighted by Crippen LogP contribution is 2.25. The molecule has 1 saturated heterocycles. The van der Waals surface area contributed by atoms with Crippen LogP contribution in [0.25, 0.3) is 11.0 Å². The Bertz CT molecular complexity index is 1090. The van der Waals surface area contributed by atoms with Crippen molar-refractivity contribution in [3.05, 3.63) is 39.8 Å². The maximum absolute atomic E-state index is 5.00. The van der Waals surface area contributed by atoms with Gasteiger partial charge in [0.2, 0.25) is 0 Å². The van der Waals surface area contributed by atoms with Crippen molar-refractivity contribution >= 4 is 11.0 Å². The molecule has 4 aliphatic rings. The highest BCUT2D eigenvalue weighted by molar-refractivity contribution is 5.66. The van der Waals surface area contributed by atoms with Crippen LogP contribution >= 0.6 is 0 Å². The van der Waals surface area contributed by atoms with Crippen molar-refractivity contribution in [3.63, 3.8) is 0 Å². The van der Waals surface area contributed by atoms with E-state index >= 15 is 0 Å². The van der Waals surface area contributed by atoms with E-state index in [1.54, 1.807) is 0 Å². The molecule has 0 radical (unpaired) electrons. The Hall–Kier alpha value is -2.41. The van der Waals surface area contributed by atoms with Gasteiger partial charge < -0.3 is 4.90 Å². The number of likely N-dealkylation sites (tertiary alicyclic amines) is 1. The van der Waals surface area contributed by atoms with Crippen LogP contribution in [0.3, 0.4) is 0 Å². The van der Waals surface area contributed by atoms with Crippen molar-refractivity contribution in [3.8, 4) is 0 Å². The van der Waals surface area contributed by atoms with Crippen molar-refractivity contribution in [2.45, 2.75) is 45.3 Å². The summed E-state index contributed by atoms with van der Waals surface area (Å²) in [5, 5.41) is 22.8. The second-order valence-electron chi connectivity index (χ2n) is 7.86. The van der Waals surface area contributed by atoms with Crippen molar-refractivity contribution in [2.75, 3.05) is 20.1 Å². The first-order valence-corrected chi connectivity index (χ1v) is 9.49. The summed E-state index contributed by atoms with van der Waals surface area (Å²) in [4.78, 5) is 2.40. The molecule has 136 valence electrons. The van der Waals surface area contributed by atoms with Gasteiger partial charge in [-0.15, -0.1) is 0 Å². The molecule has 1 aliphatic carbocycles. The van der Waals surface area contributed by atoms with Gasteiger partial charge in [-0.25, -0.2) is 0 Å². The number of fused-ring (bicyclic) bond motifs is 2. The number of hydrogen-bond acceptors (Lipinski definition) is 5. The molecule has 0 aromatic carbocycles. The predicted molar refractivity (Wildman–Crippen MR) is 99.2 cm³/mol. The van der Waals surface area contributed by atoms with E-state index in [1.165, 1.54) is 23.9 Å². The lowest BCUT2D eigenvalue weighted by Gasteiger charge is -2.34. The third-order valence-electron chi connectivity index (χ3n) is 5.74. The van der Waals surface area contributed by atoms with Gasteiger partial charge in [0.1, 0.15) is 5.52 Å². The summed E-state index contributed by atoms with van der Waals surface area (Å²) in [6.45, 7) is 7.52. The number of aromatic amines is 1. The lowest BCUT2D eigenvalue weighted by Crippen LogP contribution is -2.40. The van der Waals surface area contributed by atoms with Gasteiger partial charge in [-0.3, -0.25) is 14.8 Å². The summed E-state index contributed by atoms with van der Waals surface area (Å²) in [6, 6.07) is 5.03. The highest BCUT2D eigenvalue weighted by Gasteiger charge is 2.27. The molecule has 0 saturated carbocycles. The van der Waals surface area contributed by atoms with Gasteiger partial charge in [0, 0.05) is 17.6 Å². The molecule has 0 amide bonds. The smallest absolute Gasteiger partial charge is 0.115 e. The zero-order valence-corrected chi connectivity index (χ0v) is 15.6. The summed E-state index contributed by atoms with van der Waals surface area (Å²) < 4.78 is 2.14. The standard InChI is InChI=1S/C19H25N7/c1-12(2)26-19-14-11-25(13-6-8-24(3)9-7-13)22-15(14)4-5-16-18(19)17(23-26)10-20-21-16/h4-5,10,12-13,21H,6-9,11H2,1-3H3. The first kappa shape index (κ1) is 15.8. The SMILES string of the molecule is CC(C)n1nc2cn[nH]c3ccc4c(c1c2=3)CN(C1CCN(C)CC1)N=4. The number of rotatable bonds is 2. The molecule has 7 nitrogen and oxygen atoms in total. The van der Waals surface area contributed by atoms with Crippen molar-refractivity contribution < 1.29 is 0 Å².